The number of nitrogens with zero attached hydrogens (tertiary/aromatic N) is 1. The minimum absolute atomic E-state index is 0.00828. The minimum atomic E-state index is -2.91. The summed E-state index contributed by atoms with van der Waals surface area (Å²) in [5, 5.41) is 16.3. The van der Waals surface area contributed by atoms with Crippen LogP contribution in [0, 0.1) is 10.1 Å². The number of hydrogen-bond acceptors (Lipinski definition) is 5. The standard InChI is InChI=1S/C16H15F2N3O4/c17-16(18)25-12-7-5-11(6-8-12)20-15(22)9-10-19-13-3-1-2-4-14(13)21(23)24/h1-8,16,19H,9-10H2,(H,20,22). The molecule has 2 N–H and O–H groups in total. The topological polar surface area (TPSA) is 93.5 Å². The van der Waals surface area contributed by atoms with Crippen LogP contribution in [-0.2, 0) is 4.79 Å². The van der Waals surface area contributed by atoms with Crippen LogP contribution in [0.4, 0.5) is 25.8 Å². The van der Waals surface area contributed by atoms with Crippen LogP contribution >= 0.6 is 0 Å². The lowest BCUT2D eigenvalue weighted by Gasteiger charge is -2.09. The van der Waals surface area contributed by atoms with Gasteiger partial charge in [-0.05, 0) is 30.3 Å². The van der Waals surface area contributed by atoms with E-state index in [2.05, 4.69) is 15.4 Å². The number of anilines is 2. The average Bonchev–Trinajstić information content (AvgIpc) is 2.56. The maximum absolute atomic E-state index is 12.0. The molecule has 0 saturated heterocycles. The van der Waals surface area contributed by atoms with Crippen molar-refractivity contribution in [2.24, 2.45) is 0 Å². The first-order valence-electron chi connectivity index (χ1n) is 7.27. The fraction of sp³-hybridized carbons (Fsp3) is 0.188. The Hall–Kier alpha value is -3.23. The summed E-state index contributed by atoms with van der Waals surface area (Å²) in [6.45, 7) is -2.71. The van der Waals surface area contributed by atoms with E-state index in [1.807, 2.05) is 0 Å². The summed E-state index contributed by atoms with van der Waals surface area (Å²) < 4.78 is 28.3. The summed E-state index contributed by atoms with van der Waals surface area (Å²) in [6, 6.07) is 11.6. The third-order valence-electron chi connectivity index (χ3n) is 3.13. The number of benzene rings is 2. The van der Waals surface area contributed by atoms with Gasteiger partial charge in [-0.25, -0.2) is 0 Å². The Balaban J connectivity index is 1.82. The molecular formula is C16H15F2N3O4. The van der Waals surface area contributed by atoms with E-state index < -0.39 is 11.5 Å². The van der Waals surface area contributed by atoms with Crippen molar-refractivity contribution in [2.45, 2.75) is 13.0 Å². The van der Waals surface area contributed by atoms with Gasteiger partial charge in [0.2, 0.25) is 5.91 Å². The van der Waals surface area contributed by atoms with E-state index in [-0.39, 0.29) is 30.3 Å². The number of alkyl halides is 2. The molecule has 132 valence electrons. The van der Waals surface area contributed by atoms with Crippen LogP contribution < -0.4 is 15.4 Å². The Labute approximate surface area is 141 Å². The fourth-order valence-corrected chi connectivity index (χ4v) is 2.04. The molecule has 0 radical (unpaired) electrons. The number of carbonyl (C=O) groups excluding carboxylic acids is 1. The van der Waals surface area contributed by atoms with Gasteiger partial charge in [0.05, 0.1) is 4.92 Å². The number of nitro benzene ring substituents is 1. The zero-order chi connectivity index (χ0) is 18.2. The molecule has 0 spiro atoms. The summed E-state index contributed by atoms with van der Waals surface area (Å²) in [5.41, 5.74) is 0.684. The summed E-state index contributed by atoms with van der Waals surface area (Å²) in [4.78, 5) is 22.2. The first-order valence-corrected chi connectivity index (χ1v) is 7.27. The number of ether oxygens (including phenoxy) is 1. The van der Waals surface area contributed by atoms with Crippen molar-refractivity contribution in [3.05, 3.63) is 58.6 Å². The van der Waals surface area contributed by atoms with Gasteiger partial charge in [0.15, 0.2) is 0 Å². The second-order valence-electron chi connectivity index (χ2n) is 4.90. The van der Waals surface area contributed by atoms with Gasteiger partial charge in [0.25, 0.3) is 5.69 Å². The highest BCUT2D eigenvalue weighted by molar-refractivity contribution is 5.91. The van der Waals surface area contributed by atoms with E-state index in [9.17, 15) is 23.7 Å². The molecule has 0 aliphatic carbocycles. The molecule has 0 heterocycles. The largest absolute Gasteiger partial charge is 0.435 e. The third kappa shape index (κ3) is 5.72. The molecule has 0 saturated carbocycles. The van der Waals surface area contributed by atoms with Crippen LogP contribution in [-0.4, -0.2) is 24.0 Å². The normalized spacial score (nSPS) is 10.4. The van der Waals surface area contributed by atoms with Gasteiger partial charge in [0, 0.05) is 24.7 Å². The molecule has 25 heavy (non-hydrogen) atoms. The maximum atomic E-state index is 12.0. The van der Waals surface area contributed by atoms with E-state index >= 15 is 0 Å². The van der Waals surface area contributed by atoms with Gasteiger partial charge in [-0.1, -0.05) is 12.1 Å². The first-order chi connectivity index (χ1) is 12.0. The molecule has 0 unspecified atom stereocenters. The van der Waals surface area contributed by atoms with Gasteiger partial charge >= 0.3 is 6.61 Å². The van der Waals surface area contributed by atoms with Crippen LogP contribution in [0.3, 0.4) is 0 Å². The number of rotatable bonds is 8. The minimum Gasteiger partial charge on any atom is -0.435 e. The van der Waals surface area contributed by atoms with E-state index in [0.29, 0.717) is 11.4 Å². The highest BCUT2D eigenvalue weighted by atomic mass is 19.3. The lowest BCUT2D eigenvalue weighted by Crippen LogP contribution is -2.16. The Morgan fingerprint density at radius 1 is 1.16 bits per heavy atom. The predicted octanol–water partition coefficient (Wildman–Crippen LogP) is 3.64. The second kappa shape index (κ2) is 8.57. The fourth-order valence-electron chi connectivity index (χ4n) is 2.04. The molecule has 1 amide bonds. The second-order valence-corrected chi connectivity index (χ2v) is 4.90. The first kappa shape index (κ1) is 18.1. The van der Waals surface area contributed by atoms with Crippen molar-refractivity contribution in [1.82, 2.24) is 0 Å². The van der Waals surface area contributed by atoms with Gasteiger partial charge in [-0.2, -0.15) is 8.78 Å². The molecule has 0 bridgehead atoms. The zero-order valence-corrected chi connectivity index (χ0v) is 12.9. The summed E-state index contributed by atoms with van der Waals surface area (Å²) in [7, 11) is 0. The van der Waals surface area contributed by atoms with Crippen molar-refractivity contribution >= 4 is 23.0 Å². The van der Waals surface area contributed by atoms with Crippen molar-refractivity contribution in [3.63, 3.8) is 0 Å². The van der Waals surface area contributed by atoms with Crippen LogP contribution in [0.15, 0.2) is 48.5 Å². The number of halogens is 2. The number of nitro groups is 1. The monoisotopic (exact) mass is 351 g/mol. The van der Waals surface area contributed by atoms with E-state index in [4.69, 9.17) is 0 Å². The number of carbonyl (C=O) groups is 1. The van der Waals surface area contributed by atoms with Crippen LogP contribution in [0.5, 0.6) is 5.75 Å². The summed E-state index contributed by atoms with van der Waals surface area (Å²) in [6.07, 6.45) is 0.0708. The van der Waals surface area contributed by atoms with Crippen molar-refractivity contribution in [1.29, 1.82) is 0 Å². The molecular weight excluding hydrogens is 336 g/mol. The van der Waals surface area contributed by atoms with Crippen LogP contribution in [0.1, 0.15) is 6.42 Å². The van der Waals surface area contributed by atoms with Gasteiger partial charge in [-0.3, -0.25) is 14.9 Å². The van der Waals surface area contributed by atoms with Gasteiger partial charge in [0.1, 0.15) is 11.4 Å². The van der Waals surface area contributed by atoms with Crippen LogP contribution in [0.25, 0.3) is 0 Å². The third-order valence-corrected chi connectivity index (χ3v) is 3.13. The van der Waals surface area contributed by atoms with E-state index in [1.54, 1.807) is 18.2 Å². The Bertz CT molecular complexity index is 738. The lowest BCUT2D eigenvalue weighted by atomic mass is 10.2. The molecule has 9 heteroatoms. The predicted molar refractivity (Wildman–Crippen MR) is 87.9 cm³/mol. The van der Waals surface area contributed by atoms with Gasteiger partial charge < -0.3 is 15.4 Å². The quantitative estimate of drug-likeness (QED) is 0.559. The Morgan fingerprint density at radius 2 is 1.84 bits per heavy atom. The van der Waals surface area contributed by atoms with Crippen molar-refractivity contribution in [3.8, 4) is 5.75 Å². The summed E-state index contributed by atoms with van der Waals surface area (Å²) in [5.74, 6) is -0.334. The smallest absolute Gasteiger partial charge is 0.387 e. The number of hydrogen-bond donors (Lipinski definition) is 2. The maximum Gasteiger partial charge on any atom is 0.387 e. The average molecular weight is 351 g/mol. The summed E-state index contributed by atoms with van der Waals surface area (Å²) >= 11 is 0. The lowest BCUT2D eigenvalue weighted by molar-refractivity contribution is -0.384. The van der Waals surface area contributed by atoms with E-state index in [0.717, 1.165) is 0 Å². The number of amides is 1. The zero-order valence-electron chi connectivity index (χ0n) is 12.9. The van der Waals surface area contributed by atoms with Crippen molar-refractivity contribution in [2.75, 3.05) is 17.2 Å². The molecule has 2 aromatic carbocycles. The molecule has 0 aromatic heterocycles. The molecule has 0 aliphatic rings. The molecule has 2 rings (SSSR count). The molecule has 0 atom stereocenters. The Kier molecular flexibility index (Phi) is 6.21. The Morgan fingerprint density at radius 3 is 2.48 bits per heavy atom. The number of nitrogens with one attached hydrogen (secondary N) is 2. The molecule has 7 nitrogen and oxygen atoms in total. The van der Waals surface area contributed by atoms with Crippen molar-refractivity contribution < 1.29 is 23.2 Å². The molecule has 2 aromatic rings. The van der Waals surface area contributed by atoms with Crippen LogP contribution in [0.2, 0.25) is 0 Å². The van der Waals surface area contributed by atoms with E-state index in [1.165, 1.54) is 30.3 Å². The molecule has 0 aliphatic heterocycles. The molecule has 0 fully saturated rings. The number of para-hydroxylation sites is 2. The highest BCUT2D eigenvalue weighted by Crippen LogP contribution is 2.23. The highest BCUT2D eigenvalue weighted by Gasteiger charge is 2.12. The SMILES string of the molecule is O=C(CCNc1ccccc1[N+](=O)[O-])Nc1ccc(OC(F)F)cc1. The van der Waals surface area contributed by atoms with Gasteiger partial charge in [-0.15, -0.1) is 0 Å².